The quantitative estimate of drug-likeness (QED) is 0.128. The van der Waals surface area contributed by atoms with Crippen LogP contribution in [0.25, 0.3) is 64.7 Å². The van der Waals surface area contributed by atoms with Gasteiger partial charge in [-0.05, 0) is 178 Å². The van der Waals surface area contributed by atoms with Crippen LogP contribution in [0.1, 0.15) is 111 Å². The molecule has 10 aromatic carbocycles. The Bertz CT molecular complexity index is 4070. The molecule has 3 heterocycles. The fourth-order valence-electron chi connectivity index (χ4n) is 12.4. The van der Waals surface area contributed by atoms with Gasteiger partial charge in [0.05, 0.1) is 17.1 Å². The van der Waals surface area contributed by atoms with Gasteiger partial charge < -0.3 is 9.80 Å². The minimum atomic E-state index is -0.0671. The van der Waals surface area contributed by atoms with Crippen LogP contribution in [0.5, 0.6) is 0 Å². The van der Waals surface area contributed by atoms with Crippen LogP contribution in [0.3, 0.4) is 0 Å². The van der Waals surface area contributed by atoms with Crippen molar-refractivity contribution in [2.24, 2.45) is 0 Å². The van der Waals surface area contributed by atoms with Gasteiger partial charge in [0.1, 0.15) is 0 Å². The number of aryl methyl sites for hydroxylation is 1. The van der Waals surface area contributed by atoms with Crippen molar-refractivity contribution in [3.05, 3.63) is 198 Å². The topological polar surface area (TPSA) is 6.48 Å². The molecule has 0 saturated carbocycles. The van der Waals surface area contributed by atoms with Crippen molar-refractivity contribution in [2.45, 2.75) is 112 Å². The zero-order valence-electron chi connectivity index (χ0n) is 46.0. The largest absolute Gasteiger partial charge is 0.311 e. The lowest BCUT2D eigenvalue weighted by Gasteiger charge is -2.44. The smallest absolute Gasteiger partial charge is 0.264 e. The van der Waals surface area contributed by atoms with E-state index in [9.17, 15) is 0 Å². The van der Waals surface area contributed by atoms with Crippen molar-refractivity contribution >= 4 is 110 Å². The number of rotatable bonds is 4. The minimum Gasteiger partial charge on any atom is -0.311 e. The molecule has 0 N–H and O–H groups in total. The molecule has 1 aromatic heterocycles. The molecular weight excluding hydrogens is 924 g/mol. The predicted molar refractivity (Wildman–Crippen MR) is 330 cm³/mol. The molecule has 0 saturated heterocycles. The highest BCUT2D eigenvalue weighted by Gasteiger charge is 2.47. The maximum absolute atomic E-state index is 2.69. The van der Waals surface area contributed by atoms with Crippen molar-refractivity contribution < 1.29 is 0 Å². The van der Waals surface area contributed by atoms with E-state index in [1.165, 1.54) is 142 Å². The van der Waals surface area contributed by atoms with Gasteiger partial charge in [0.2, 0.25) is 0 Å². The standard InChI is InChI=1S/C71H67BN2S/c1-42-34-60-65-61(35-42)74(58-31-27-49(68(2,3)4)38-53(58)43-18-15-14-16-19-43)66-55-40-51(70(8,9)10)29-33-62(55)75-67(66)72(65)56-41-52(71(11,12)13)28-32-59(56)73(60)57-30-26-50(69(5,6)7)39-54(57)48-36-46-24-22-44-20-17-21-45-23-25-47(37-48)64(46)63(44)45/h14-41H,1-13H3. The van der Waals surface area contributed by atoms with E-state index in [-0.39, 0.29) is 28.4 Å². The van der Waals surface area contributed by atoms with E-state index >= 15 is 0 Å². The fourth-order valence-corrected chi connectivity index (χ4v) is 13.7. The van der Waals surface area contributed by atoms with Crippen LogP contribution in [0.15, 0.2) is 170 Å². The van der Waals surface area contributed by atoms with Crippen LogP contribution in [-0.4, -0.2) is 6.71 Å². The molecule has 0 bridgehead atoms. The highest BCUT2D eigenvalue weighted by molar-refractivity contribution is 7.33. The molecule has 4 heteroatoms. The van der Waals surface area contributed by atoms with E-state index in [4.69, 9.17) is 0 Å². The summed E-state index contributed by atoms with van der Waals surface area (Å²) >= 11 is 1.99. The molecule has 0 spiro atoms. The van der Waals surface area contributed by atoms with E-state index in [1.54, 1.807) is 0 Å². The molecule has 0 radical (unpaired) electrons. The van der Waals surface area contributed by atoms with Crippen LogP contribution in [0.2, 0.25) is 0 Å². The maximum Gasteiger partial charge on any atom is 0.264 e. The Hall–Kier alpha value is -7.14. The zero-order chi connectivity index (χ0) is 52.2. The number of hydrogen-bond acceptors (Lipinski definition) is 3. The molecule has 0 atom stereocenters. The summed E-state index contributed by atoms with van der Waals surface area (Å²) in [7, 11) is 0. The lowest BCUT2D eigenvalue weighted by Crippen LogP contribution is -2.60. The summed E-state index contributed by atoms with van der Waals surface area (Å²) < 4.78 is 2.72. The van der Waals surface area contributed by atoms with Gasteiger partial charge >= 0.3 is 0 Å². The lowest BCUT2D eigenvalue weighted by atomic mass is 9.36. The molecule has 0 fully saturated rings. The van der Waals surface area contributed by atoms with Gasteiger partial charge in [-0.2, -0.15) is 0 Å². The highest BCUT2D eigenvalue weighted by atomic mass is 32.1. The van der Waals surface area contributed by atoms with Gasteiger partial charge in [0.25, 0.3) is 6.71 Å². The van der Waals surface area contributed by atoms with E-state index < -0.39 is 0 Å². The first-order chi connectivity index (χ1) is 35.6. The van der Waals surface area contributed by atoms with Crippen molar-refractivity contribution in [1.29, 1.82) is 0 Å². The third-order valence-electron chi connectivity index (χ3n) is 16.6. The third kappa shape index (κ3) is 7.56. The Labute approximate surface area is 449 Å². The summed E-state index contributed by atoms with van der Waals surface area (Å²) in [5, 5.41) is 9.14. The van der Waals surface area contributed by atoms with Crippen molar-refractivity contribution in [3.8, 4) is 22.3 Å². The Balaban J connectivity index is 1.15. The summed E-state index contributed by atoms with van der Waals surface area (Å²) in [5.74, 6) is 0. The summed E-state index contributed by atoms with van der Waals surface area (Å²) in [4.78, 5) is 5.35. The first-order valence-corrected chi connectivity index (χ1v) is 27.9. The molecule has 0 unspecified atom stereocenters. The molecule has 370 valence electrons. The fraction of sp³-hybridized carbons (Fsp3) is 0.239. The molecule has 13 rings (SSSR count). The molecule has 2 aliphatic rings. The van der Waals surface area contributed by atoms with E-state index in [1.807, 2.05) is 11.3 Å². The number of benzene rings is 10. The second kappa shape index (κ2) is 16.4. The monoisotopic (exact) mass is 991 g/mol. The molecular formula is C71H67BN2S. The van der Waals surface area contributed by atoms with Gasteiger partial charge in [0, 0.05) is 43.1 Å². The predicted octanol–water partition coefficient (Wildman–Crippen LogP) is 18.7. The number of anilines is 6. The first-order valence-electron chi connectivity index (χ1n) is 27.1. The number of fused-ring (bicyclic) bond motifs is 6. The molecule has 0 aliphatic carbocycles. The number of nitrogens with zero attached hydrogens (tertiary/aromatic N) is 2. The van der Waals surface area contributed by atoms with Crippen LogP contribution in [0.4, 0.5) is 34.1 Å². The van der Waals surface area contributed by atoms with Crippen molar-refractivity contribution in [1.82, 2.24) is 0 Å². The van der Waals surface area contributed by atoms with Gasteiger partial charge in [-0.3, -0.25) is 0 Å². The average molecular weight is 991 g/mol. The van der Waals surface area contributed by atoms with Gasteiger partial charge in [-0.1, -0.05) is 186 Å². The van der Waals surface area contributed by atoms with Crippen LogP contribution >= 0.6 is 11.3 Å². The Morgan fingerprint density at radius 2 is 0.867 bits per heavy atom. The Kier molecular flexibility index (Phi) is 10.4. The summed E-state index contributed by atoms with van der Waals surface area (Å²) in [5.41, 5.74) is 21.4. The number of hydrogen-bond donors (Lipinski definition) is 0. The molecule has 2 aliphatic heterocycles. The summed E-state index contributed by atoms with van der Waals surface area (Å²) in [6, 6.07) is 66.4. The SMILES string of the molecule is Cc1cc2c3c(c1)N(c1ccc(C(C)(C)C)cc1-c1ccccc1)c1c(sc4ccc(C(C)(C)C)cc14)B3c1cc(C(C)(C)C)ccc1N2c1ccc(C(C)(C)C)cc1-c1cc2ccc3cccc4ccc(c1)c2c34. The highest BCUT2D eigenvalue weighted by Crippen LogP contribution is 2.53. The Morgan fingerprint density at radius 1 is 0.387 bits per heavy atom. The minimum absolute atomic E-state index is 0.00467. The molecule has 2 nitrogen and oxygen atoms in total. The number of thiophene rings is 1. The van der Waals surface area contributed by atoms with Crippen molar-refractivity contribution in [2.75, 3.05) is 9.80 Å². The maximum atomic E-state index is 2.69. The van der Waals surface area contributed by atoms with E-state index in [0.29, 0.717) is 0 Å². The van der Waals surface area contributed by atoms with Gasteiger partial charge in [-0.25, -0.2) is 0 Å². The zero-order valence-corrected chi connectivity index (χ0v) is 46.9. The molecule has 75 heavy (non-hydrogen) atoms. The van der Waals surface area contributed by atoms with Crippen LogP contribution in [0, 0.1) is 6.92 Å². The van der Waals surface area contributed by atoms with Crippen molar-refractivity contribution in [3.63, 3.8) is 0 Å². The lowest BCUT2D eigenvalue weighted by molar-refractivity contribution is 0.590. The molecule has 11 aromatic rings. The van der Waals surface area contributed by atoms with E-state index in [0.717, 1.165) is 0 Å². The normalized spacial score (nSPS) is 13.9. The Morgan fingerprint density at radius 3 is 1.45 bits per heavy atom. The second-order valence-corrected chi connectivity index (χ2v) is 27.0. The van der Waals surface area contributed by atoms with E-state index in [2.05, 4.69) is 270 Å². The molecule has 0 amide bonds. The van der Waals surface area contributed by atoms with Gasteiger partial charge in [0.15, 0.2) is 0 Å². The second-order valence-electron chi connectivity index (χ2n) is 26.0. The van der Waals surface area contributed by atoms with Crippen LogP contribution < -0.4 is 25.5 Å². The third-order valence-corrected chi connectivity index (χ3v) is 17.8. The summed E-state index contributed by atoms with van der Waals surface area (Å²) in [6.07, 6.45) is 0. The average Bonchev–Trinajstić information content (AvgIpc) is 3.81. The summed E-state index contributed by atoms with van der Waals surface area (Å²) in [6.45, 7) is 30.5. The van der Waals surface area contributed by atoms with Crippen LogP contribution in [-0.2, 0) is 21.7 Å². The first kappa shape index (κ1) is 47.6. The van der Waals surface area contributed by atoms with Gasteiger partial charge in [-0.15, -0.1) is 11.3 Å².